The lowest BCUT2D eigenvalue weighted by Gasteiger charge is -2.37. The maximum Gasteiger partial charge on any atom is 0.353 e. The van der Waals surface area contributed by atoms with Crippen LogP contribution < -0.4 is 0 Å². The van der Waals surface area contributed by atoms with Gasteiger partial charge in [0.25, 0.3) is 8.67 Å². The second-order valence-corrected chi connectivity index (χ2v) is 13.8. The van der Waals surface area contributed by atoms with Crippen LogP contribution in [-0.2, 0) is 14.3 Å². The molecule has 0 aromatic carbocycles. The number of esters is 2. The molecular formula is C8Cl14O3. The quantitative estimate of drug-likeness (QED) is 0.182. The van der Waals surface area contributed by atoms with Crippen LogP contribution in [0.2, 0.25) is 0 Å². The van der Waals surface area contributed by atoms with E-state index in [0.29, 0.717) is 0 Å². The van der Waals surface area contributed by atoms with Gasteiger partial charge < -0.3 is 4.74 Å². The maximum atomic E-state index is 12.0. The van der Waals surface area contributed by atoms with Gasteiger partial charge in [0.2, 0.25) is 16.3 Å². The molecule has 25 heavy (non-hydrogen) atoms. The molecule has 3 nitrogen and oxygen atoms in total. The Balaban J connectivity index is 5.68. The molecule has 0 rings (SSSR count). The molecule has 0 amide bonds. The summed E-state index contributed by atoms with van der Waals surface area (Å²) in [5, 5.41) is 0. The van der Waals surface area contributed by atoms with Gasteiger partial charge in [-0.3, -0.25) is 0 Å². The Kier molecular flexibility index (Phi) is 9.87. The normalized spacial score (nSPS) is 15.1. The molecule has 0 saturated carbocycles. The smallest absolute Gasteiger partial charge is 0.353 e. The van der Waals surface area contributed by atoms with E-state index in [1.165, 1.54) is 0 Å². The van der Waals surface area contributed by atoms with Crippen molar-refractivity contribution >= 4 is 174 Å². The highest BCUT2D eigenvalue weighted by Crippen LogP contribution is 2.58. The molecule has 0 bridgehead atoms. The summed E-state index contributed by atoms with van der Waals surface area (Å²) in [6.45, 7) is 0. The fourth-order valence-electron chi connectivity index (χ4n) is 0.825. The lowest BCUT2D eigenvalue weighted by Crippen LogP contribution is -2.56. The molecule has 0 N–H and O–H groups in total. The molecule has 0 spiro atoms. The van der Waals surface area contributed by atoms with E-state index in [0.717, 1.165) is 0 Å². The van der Waals surface area contributed by atoms with Crippen LogP contribution in [0.4, 0.5) is 0 Å². The number of hydrogen-bond donors (Lipinski definition) is 0. The van der Waals surface area contributed by atoms with E-state index in [1.807, 2.05) is 0 Å². The Morgan fingerprint density at radius 2 is 0.680 bits per heavy atom. The molecule has 0 radical (unpaired) electrons. The van der Waals surface area contributed by atoms with Gasteiger partial charge in [-0.25, -0.2) is 9.59 Å². The summed E-state index contributed by atoms with van der Waals surface area (Å²) < 4.78 is -12.6. The molecule has 0 heterocycles. The molecule has 148 valence electrons. The third-order valence-corrected chi connectivity index (χ3v) is 9.85. The highest BCUT2D eigenvalue weighted by atomic mass is 35.6. The van der Waals surface area contributed by atoms with Crippen molar-refractivity contribution in [1.29, 1.82) is 0 Å². The summed E-state index contributed by atoms with van der Waals surface area (Å²) in [5.41, 5.74) is 0. The Bertz CT molecular complexity index is 493. The van der Waals surface area contributed by atoms with E-state index in [9.17, 15) is 9.59 Å². The van der Waals surface area contributed by atoms with E-state index in [1.54, 1.807) is 0 Å². The second kappa shape index (κ2) is 8.75. The zero-order chi connectivity index (χ0) is 20.9. The van der Waals surface area contributed by atoms with Crippen LogP contribution in [-0.4, -0.2) is 36.9 Å². The lowest BCUT2D eigenvalue weighted by atomic mass is 10.2. The lowest BCUT2D eigenvalue weighted by molar-refractivity contribution is -0.161. The van der Waals surface area contributed by atoms with Gasteiger partial charge in [0.1, 0.15) is 0 Å². The third kappa shape index (κ3) is 5.67. The number of carbonyl (C=O) groups excluding carboxylic acids is 2. The van der Waals surface area contributed by atoms with E-state index < -0.39 is 36.9 Å². The minimum Gasteiger partial charge on any atom is -0.388 e. The summed E-state index contributed by atoms with van der Waals surface area (Å²) >= 11 is 78.1. The Labute approximate surface area is 211 Å². The monoisotopic (exact) mass is 634 g/mol. The number of hydrogen-bond acceptors (Lipinski definition) is 3. The van der Waals surface area contributed by atoms with Crippen LogP contribution in [0.15, 0.2) is 0 Å². The predicted octanol–water partition coefficient (Wildman–Crippen LogP) is 7.49. The number of ether oxygens (including phenoxy) is 1. The molecule has 0 aromatic heterocycles. The number of carbonyl (C=O) groups is 2. The molecule has 0 fully saturated rings. The fourth-order valence-corrected chi connectivity index (χ4v) is 3.29. The third-order valence-electron chi connectivity index (χ3n) is 2.20. The van der Waals surface area contributed by atoms with Crippen molar-refractivity contribution in [3.8, 4) is 0 Å². The summed E-state index contributed by atoms with van der Waals surface area (Å²) in [6, 6.07) is 0. The van der Waals surface area contributed by atoms with Gasteiger partial charge in [-0.15, -0.1) is 0 Å². The first-order valence-corrected chi connectivity index (χ1v) is 10.3. The first kappa shape index (κ1) is 28.2. The number of alkyl halides is 14. The molecule has 0 unspecified atom stereocenters. The molecule has 17 heteroatoms. The van der Waals surface area contributed by atoms with Crippen molar-refractivity contribution in [1.82, 2.24) is 0 Å². The van der Waals surface area contributed by atoms with Crippen molar-refractivity contribution in [2.45, 2.75) is 24.9 Å². The van der Waals surface area contributed by atoms with Crippen molar-refractivity contribution in [3.63, 3.8) is 0 Å². The van der Waals surface area contributed by atoms with Crippen LogP contribution in [0.25, 0.3) is 0 Å². The van der Waals surface area contributed by atoms with Crippen molar-refractivity contribution in [2.24, 2.45) is 0 Å². The molecule has 0 aliphatic heterocycles. The average molecular weight is 640 g/mol. The summed E-state index contributed by atoms with van der Waals surface area (Å²) in [7, 11) is 0. The van der Waals surface area contributed by atoms with Gasteiger partial charge in [-0.05, 0) is 0 Å². The predicted molar refractivity (Wildman–Crippen MR) is 109 cm³/mol. The van der Waals surface area contributed by atoms with Crippen LogP contribution in [0.5, 0.6) is 0 Å². The summed E-state index contributed by atoms with van der Waals surface area (Å²) in [6.07, 6.45) is 0. The van der Waals surface area contributed by atoms with Crippen molar-refractivity contribution < 1.29 is 14.3 Å². The highest BCUT2D eigenvalue weighted by molar-refractivity contribution is 6.82. The van der Waals surface area contributed by atoms with Crippen molar-refractivity contribution in [3.05, 3.63) is 0 Å². The largest absolute Gasteiger partial charge is 0.388 e. The van der Waals surface area contributed by atoms with Crippen LogP contribution >= 0.6 is 162 Å². The molecule has 0 aliphatic rings. The minimum atomic E-state index is -3.01. The molecular weight excluding hydrogens is 640 g/mol. The van der Waals surface area contributed by atoms with Gasteiger partial charge in [0.05, 0.1) is 0 Å². The number of halogens is 14. The summed E-state index contributed by atoms with van der Waals surface area (Å²) in [5.74, 6) is -3.70. The average Bonchev–Trinajstić information content (AvgIpc) is 2.34. The standard InChI is InChI=1S/C8Cl14O3/c9-3(10,5(13,14)7(17,18)19)1(23)25-2(24)4(11,12)6(15,16)8(20,21)22. The Morgan fingerprint density at radius 1 is 0.480 bits per heavy atom. The van der Waals surface area contributed by atoms with Crippen LogP contribution in [0, 0.1) is 0 Å². The van der Waals surface area contributed by atoms with E-state index in [4.69, 9.17) is 162 Å². The van der Waals surface area contributed by atoms with Gasteiger partial charge in [0, 0.05) is 0 Å². The zero-order valence-corrected chi connectivity index (χ0v) is 21.1. The summed E-state index contributed by atoms with van der Waals surface area (Å²) in [4.78, 5) is 24.1. The van der Waals surface area contributed by atoms with Crippen molar-refractivity contribution in [2.75, 3.05) is 0 Å². The van der Waals surface area contributed by atoms with E-state index in [2.05, 4.69) is 4.74 Å². The maximum absolute atomic E-state index is 12.0. The first-order valence-electron chi connectivity index (χ1n) is 4.96. The molecule has 0 saturated heterocycles. The zero-order valence-electron chi connectivity index (χ0n) is 10.5. The fraction of sp³-hybridized carbons (Fsp3) is 0.750. The van der Waals surface area contributed by atoms with Crippen LogP contribution in [0.3, 0.4) is 0 Å². The topological polar surface area (TPSA) is 43.4 Å². The van der Waals surface area contributed by atoms with Gasteiger partial charge in [-0.2, -0.15) is 0 Å². The second-order valence-electron chi connectivity index (χ2n) is 3.97. The molecule has 0 aliphatic carbocycles. The van der Waals surface area contributed by atoms with Gasteiger partial charge in [-0.1, -0.05) is 162 Å². The highest BCUT2D eigenvalue weighted by Gasteiger charge is 2.68. The minimum absolute atomic E-state index is 1.85. The first-order chi connectivity index (χ1) is 10.5. The Morgan fingerprint density at radius 3 is 0.840 bits per heavy atom. The number of rotatable bonds is 4. The Hall–Kier alpha value is 3.20. The molecule has 0 atom stereocenters. The van der Waals surface area contributed by atoms with Gasteiger partial charge >= 0.3 is 11.9 Å². The van der Waals surface area contributed by atoms with E-state index >= 15 is 0 Å². The van der Waals surface area contributed by atoms with E-state index in [-0.39, 0.29) is 0 Å². The van der Waals surface area contributed by atoms with Crippen LogP contribution in [0.1, 0.15) is 0 Å². The van der Waals surface area contributed by atoms with Gasteiger partial charge in [0.15, 0.2) is 0 Å². The molecule has 0 aromatic rings. The SMILES string of the molecule is O=C(OC(=O)C(Cl)(Cl)C(Cl)(Cl)C(Cl)(Cl)Cl)C(Cl)(Cl)C(Cl)(Cl)C(Cl)(Cl)Cl.